The normalized spacial score (nSPS) is 13.6. The molecule has 0 nitrogen and oxygen atoms in total. The summed E-state index contributed by atoms with van der Waals surface area (Å²) in [4.78, 5) is 0.934. The summed E-state index contributed by atoms with van der Waals surface area (Å²) >= 11 is 8.46. The summed E-state index contributed by atoms with van der Waals surface area (Å²) in [7, 11) is 0. The van der Waals surface area contributed by atoms with E-state index >= 15 is 0 Å². The van der Waals surface area contributed by atoms with Gasteiger partial charge in [-0.15, -0.1) is 11.3 Å². The molecular formula is C12H7Br2F3S. The van der Waals surface area contributed by atoms with E-state index in [-0.39, 0.29) is 4.83 Å². The van der Waals surface area contributed by atoms with Gasteiger partial charge in [0, 0.05) is 9.35 Å². The Hall–Kier alpha value is -0.330. The summed E-state index contributed by atoms with van der Waals surface area (Å²) in [6.45, 7) is 0. The second kappa shape index (κ2) is 5.35. The fourth-order valence-electron chi connectivity index (χ4n) is 1.48. The van der Waals surface area contributed by atoms with Crippen LogP contribution in [0.4, 0.5) is 13.2 Å². The summed E-state index contributed by atoms with van der Waals surface area (Å²) in [5.41, 5.74) is 0.169. The number of thiophene rings is 1. The zero-order valence-corrected chi connectivity index (χ0v) is 12.8. The highest BCUT2D eigenvalue weighted by atomic mass is 79.9. The third-order valence-corrected chi connectivity index (χ3v) is 5.63. The van der Waals surface area contributed by atoms with Gasteiger partial charge in [-0.3, -0.25) is 0 Å². The van der Waals surface area contributed by atoms with Gasteiger partial charge in [0.05, 0.1) is 10.4 Å². The Labute approximate surface area is 123 Å². The van der Waals surface area contributed by atoms with Gasteiger partial charge in [0.15, 0.2) is 0 Å². The van der Waals surface area contributed by atoms with Crippen LogP contribution in [0.2, 0.25) is 0 Å². The van der Waals surface area contributed by atoms with Crippen LogP contribution in [0.5, 0.6) is 0 Å². The minimum atomic E-state index is -4.29. The van der Waals surface area contributed by atoms with Crippen molar-refractivity contribution in [1.82, 2.24) is 0 Å². The highest BCUT2D eigenvalue weighted by molar-refractivity contribution is 9.11. The molecular weight excluding hydrogens is 393 g/mol. The van der Waals surface area contributed by atoms with Crippen LogP contribution in [0.15, 0.2) is 40.2 Å². The fraction of sp³-hybridized carbons (Fsp3) is 0.167. The predicted octanol–water partition coefficient (Wildman–Crippen LogP) is 6.01. The molecule has 0 aliphatic carbocycles. The quantitative estimate of drug-likeness (QED) is 0.542. The van der Waals surface area contributed by atoms with Crippen molar-refractivity contribution in [1.29, 1.82) is 0 Å². The van der Waals surface area contributed by atoms with Gasteiger partial charge in [0.2, 0.25) is 0 Å². The van der Waals surface area contributed by atoms with Gasteiger partial charge in [-0.2, -0.15) is 13.2 Å². The van der Waals surface area contributed by atoms with Crippen LogP contribution >= 0.6 is 43.2 Å². The number of rotatable bonds is 2. The molecule has 0 fully saturated rings. The van der Waals surface area contributed by atoms with Crippen molar-refractivity contribution in [2.75, 3.05) is 0 Å². The molecule has 6 heteroatoms. The van der Waals surface area contributed by atoms with Crippen LogP contribution in [-0.2, 0) is 6.18 Å². The first kappa shape index (κ1) is 14.1. The van der Waals surface area contributed by atoms with Gasteiger partial charge in [0.1, 0.15) is 0 Å². The molecule has 0 radical (unpaired) electrons. The lowest BCUT2D eigenvalue weighted by Gasteiger charge is -2.11. The number of alkyl halides is 4. The van der Waals surface area contributed by atoms with E-state index in [1.807, 2.05) is 11.4 Å². The molecule has 0 saturated carbocycles. The second-order valence-electron chi connectivity index (χ2n) is 3.62. The molecule has 96 valence electrons. The van der Waals surface area contributed by atoms with Crippen molar-refractivity contribution in [2.24, 2.45) is 0 Å². The van der Waals surface area contributed by atoms with E-state index in [4.69, 9.17) is 0 Å². The number of hydrogen-bond donors (Lipinski definition) is 0. The first-order valence-corrected chi connectivity index (χ1v) is 7.52. The smallest absolute Gasteiger partial charge is 0.166 e. The minimum Gasteiger partial charge on any atom is -0.166 e. The van der Waals surface area contributed by atoms with Crippen molar-refractivity contribution in [3.8, 4) is 0 Å². The Morgan fingerprint density at radius 1 is 1.06 bits per heavy atom. The molecule has 0 aliphatic rings. The number of halogens is 5. The Balaban J connectivity index is 2.28. The van der Waals surface area contributed by atoms with Gasteiger partial charge >= 0.3 is 6.18 Å². The molecule has 0 N–H and O–H groups in total. The van der Waals surface area contributed by atoms with Crippen molar-refractivity contribution in [3.63, 3.8) is 0 Å². The van der Waals surface area contributed by atoms with Crippen molar-refractivity contribution < 1.29 is 13.2 Å². The third-order valence-electron chi connectivity index (χ3n) is 2.41. The van der Waals surface area contributed by atoms with Gasteiger partial charge < -0.3 is 0 Å². The first-order valence-electron chi connectivity index (χ1n) is 4.93. The molecule has 2 aromatic rings. The molecule has 18 heavy (non-hydrogen) atoms. The van der Waals surface area contributed by atoms with Crippen molar-refractivity contribution >= 4 is 43.2 Å². The average Bonchev–Trinajstić information content (AvgIpc) is 2.73. The monoisotopic (exact) mass is 398 g/mol. The molecule has 0 amide bonds. The van der Waals surface area contributed by atoms with Crippen LogP contribution < -0.4 is 0 Å². The van der Waals surface area contributed by atoms with Crippen molar-refractivity contribution in [3.05, 3.63) is 56.2 Å². The van der Waals surface area contributed by atoms with Crippen LogP contribution in [0.1, 0.15) is 20.8 Å². The van der Waals surface area contributed by atoms with E-state index in [1.165, 1.54) is 12.1 Å². The number of benzene rings is 1. The van der Waals surface area contributed by atoms with Gasteiger partial charge in [-0.1, -0.05) is 28.1 Å². The summed E-state index contributed by atoms with van der Waals surface area (Å²) in [5.74, 6) is 0. The van der Waals surface area contributed by atoms with E-state index < -0.39 is 11.7 Å². The van der Waals surface area contributed by atoms with Crippen molar-refractivity contribution in [2.45, 2.75) is 11.0 Å². The Bertz CT molecular complexity index is 531. The molecule has 0 saturated heterocycles. The van der Waals surface area contributed by atoms with Crippen LogP contribution in [0.3, 0.4) is 0 Å². The van der Waals surface area contributed by atoms with E-state index in [1.54, 1.807) is 11.3 Å². The maximum Gasteiger partial charge on any atom is 0.416 e. The third kappa shape index (κ3) is 2.97. The predicted molar refractivity (Wildman–Crippen MR) is 74.2 cm³/mol. The van der Waals surface area contributed by atoms with Crippen LogP contribution in [0, 0.1) is 0 Å². The lowest BCUT2D eigenvalue weighted by molar-refractivity contribution is -0.137. The highest BCUT2D eigenvalue weighted by Crippen LogP contribution is 2.39. The summed E-state index contributed by atoms with van der Waals surface area (Å²) in [5, 5.41) is 1.93. The zero-order chi connectivity index (χ0) is 13.3. The molecule has 0 spiro atoms. The standard InChI is InChI=1S/C12H7Br2F3S/c13-9-5-6-18-11(9)10(14)7-1-3-8(4-2-7)12(15,16)17/h1-6,10H. The average molecular weight is 400 g/mol. The van der Waals surface area contributed by atoms with Crippen LogP contribution in [0.25, 0.3) is 0 Å². The molecule has 1 atom stereocenters. The zero-order valence-electron chi connectivity index (χ0n) is 8.84. The summed E-state index contributed by atoms with van der Waals surface area (Å²) < 4.78 is 38.3. The van der Waals surface area contributed by atoms with E-state index in [9.17, 15) is 13.2 Å². The number of hydrogen-bond acceptors (Lipinski definition) is 1. The second-order valence-corrected chi connectivity index (χ2v) is 6.33. The van der Waals surface area contributed by atoms with E-state index in [0.29, 0.717) is 0 Å². The molecule has 0 aliphatic heterocycles. The van der Waals surface area contributed by atoms with Gasteiger partial charge in [-0.25, -0.2) is 0 Å². The molecule has 2 rings (SSSR count). The lowest BCUT2D eigenvalue weighted by atomic mass is 10.1. The summed E-state index contributed by atoms with van der Waals surface area (Å²) in [6.07, 6.45) is -4.29. The largest absolute Gasteiger partial charge is 0.416 e. The first-order chi connectivity index (χ1) is 8.39. The SMILES string of the molecule is FC(F)(F)c1ccc(C(Br)c2sccc2Br)cc1. The topological polar surface area (TPSA) is 0 Å². The van der Waals surface area contributed by atoms with E-state index in [0.717, 1.165) is 27.0 Å². The lowest BCUT2D eigenvalue weighted by Crippen LogP contribution is -2.04. The van der Waals surface area contributed by atoms with Gasteiger partial charge in [-0.05, 0) is 45.1 Å². The minimum absolute atomic E-state index is 0.103. The Morgan fingerprint density at radius 3 is 2.11 bits per heavy atom. The molecule has 0 bridgehead atoms. The van der Waals surface area contributed by atoms with Crippen LogP contribution in [-0.4, -0.2) is 0 Å². The maximum atomic E-state index is 12.4. The Kier molecular flexibility index (Phi) is 4.18. The summed E-state index contributed by atoms with van der Waals surface area (Å²) in [6, 6.07) is 7.11. The maximum absolute atomic E-state index is 12.4. The molecule has 1 heterocycles. The van der Waals surface area contributed by atoms with Gasteiger partial charge in [0.25, 0.3) is 0 Å². The molecule has 1 aromatic heterocycles. The van der Waals surface area contributed by atoms with E-state index in [2.05, 4.69) is 31.9 Å². The fourth-order valence-corrected chi connectivity index (χ4v) is 4.26. The highest BCUT2D eigenvalue weighted by Gasteiger charge is 2.30. The Morgan fingerprint density at radius 2 is 1.67 bits per heavy atom. The molecule has 1 aromatic carbocycles. The molecule has 1 unspecified atom stereocenters.